The van der Waals surface area contributed by atoms with E-state index in [0.29, 0.717) is 28.2 Å². The van der Waals surface area contributed by atoms with E-state index in [4.69, 9.17) is 16.3 Å². The molecular weight excluding hydrogens is 348 g/mol. The highest BCUT2D eigenvalue weighted by molar-refractivity contribution is 9.10. The molecule has 0 saturated carbocycles. The Labute approximate surface area is 131 Å². The summed E-state index contributed by atoms with van der Waals surface area (Å²) in [5.41, 5.74) is 0.427. The molecule has 0 radical (unpaired) electrons. The zero-order valence-electron chi connectivity index (χ0n) is 11.3. The lowest BCUT2D eigenvalue weighted by Crippen LogP contribution is -2.39. The van der Waals surface area contributed by atoms with Crippen molar-refractivity contribution < 1.29 is 14.3 Å². The van der Waals surface area contributed by atoms with Gasteiger partial charge in [0, 0.05) is 35.8 Å². The molecule has 0 aliphatic carbocycles. The number of rotatable bonds is 6. The van der Waals surface area contributed by atoms with Crippen LogP contribution in [0.1, 0.15) is 10.4 Å². The third kappa shape index (κ3) is 5.48. The lowest BCUT2D eigenvalue weighted by Gasteiger charge is -2.17. The number of hydrogen-bond acceptors (Lipinski definition) is 3. The van der Waals surface area contributed by atoms with E-state index in [9.17, 15) is 9.59 Å². The van der Waals surface area contributed by atoms with Crippen molar-refractivity contribution in [3.05, 3.63) is 33.3 Å². The molecule has 0 unspecified atom stereocenters. The molecule has 0 heterocycles. The first-order valence-electron chi connectivity index (χ1n) is 5.91. The summed E-state index contributed by atoms with van der Waals surface area (Å²) in [6, 6.07) is 4.91. The smallest absolute Gasteiger partial charge is 0.254 e. The maximum Gasteiger partial charge on any atom is 0.254 e. The van der Waals surface area contributed by atoms with Crippen LogP contribution in [0.15, 0.2) is 22.7 Å². The molecule has 0 atom stereocenters. The van der Waals surface area contributed by atoms with Crippen LogP contribution in [0.3, 0.4) is 0 Å². The second kappa shape index (κ2) is 8.24. The molecule has 1 aromatic rings. The molecule has 0 fully saturated rings. The second-order valence-electron chi connectivity index (χ2n) is 4.16. The molecule has 110 valence electrons. The molecule has 1 rings (SSSR count). The largest absolute Gasteiger partial charge is 0.383 e. The Morgan fingerprint density at radius 3 is 2.70 bits per heavy atom. The molecule has 0 aromatic heterocycles. The van der Waals surface area contributed by atoms with E-state index >= 15 is 0 Å². The minimum atomic E-state index is -0.268. The summed E-state index contributed by atoms with van der Waals surface area (Å²) in [7, 11) is 3.12. The van der Waals surface area contributed by atoms with Crippen molar-refractivity contribution in [3.63, 3.8) is 0 Å². The average Bonchev–Trinajstić information content (AvgIpc) is 2.36. The fourth-order valence-corrected chi connectivity index (χ4v) is 2.39. The molecule has 0 saturated heterocycles. The Hall–Kier alpha value is -1.11. The SMILES string of the molecule is COCCNC(=O)CN(C)C(=O)c1cc(Cl)cc(Br)c1. The van der Waals surface area contributed by atoms with Crippen LogP contribution in [0.4, 0.5) is 0 Å². The lowest BCUT2D eigenvalue weighted by molar-refractivity contribution is -0.121. The van der Waals surface area contributed by atoms with Crippen molar-refractivity contribution in [2.45, 2.75) is 0 Å². The zero-order valence-corrected chi connectivity index (χ0v) is 13.6. The Kier molecular flexibility index (Phi) is 6.98. The summed E-state index contributed by atoms with van der Waals surface area (Å²) in [6.07, 6.45) is 0. The zero-order chi connectivity index (χ0) is 15.1. The van der Waals surface area contributed by atoms with Crippen molar-refractivity contribution in [1.29, 1.82) is 0 Å². The van der Waals surface area contributed by atoms with Gasteiger partial charge in [0.2, 0.25) is 5.91 Å². The van der Waals surface area contributed by atoms with Gasteiger partial charge in [-0.2, -0.15) is 0 Å². The van der Waals surface area contributed by atoms with E-state index < -0.39 is 0 Å². The van der Waals surface area contributed by atoms with Gasteiger partial charge in [0.05, 0.1) is 13.2 Å². The van der Waals surface area contributed by atoms with Crippen LogP contribution in [-0.2, 0) is 9.53 Å². The van der Waals surface area contributed by atoms with E-state index in [2.05, 4.69) is 21.2 Å². The van der Waals surface area contributed by atoms with Gasteiger partial charge in [0.1, 0.15) is 0 Å². The third-order valence-electron chi connectivity index (χ3n) is 2.47. The molecule has 0 bridgehead atoms. The first kappa shape index (κ1) is 16.9. The number of carbonyl (C=O) groups excluding carboxylic acids is 2. The topological polar surface area (TPSA) is 58.6 Å². The molecular formula is C13H16BrClN2O3. The normalized spacial score (nSPS) is 10.2. The predicted molar refractivity (Wildman–Crippen MR) is 81.0 cm³/mol. The molecule has 1 N–H and O–H groups in total. The minimum absolute atomic E-state index is 0.0212. The van der Waals surface area contributed by atoms with Crippen LogP contribution in [0, 0.1) is 0 Å². The van der Waals surface area contributed by atoms with Crippen molar-refractivity contribution in [2.24, 2.45) is 0 Å². The molecule has 2 amide bonds. The summed E-state index contributed by atoms with van der Waals surface area (Å²) in [4.78, 5) is 25.1. The fourth-order valence-electron chi connectivity index (χ4n) is 1.53. The molecule has 5 nitrogen and oxygen atoms in total. The number of nitrogens with zero attached hydrogens (tertiary/aromatic N) is 1. The van der Waals surface area contributed by atoms with Crippen LogP contribution in [0.25, 0.3) is 0 Å². The third-order valence-corrected chi connectivity index (χ3v) is 3.14. The monoisotopic (exact) mass is 362 g/mol. The number of carbonyl (C=O) groups is 2. The van der Waals surface area contributed by atoms with Crippen molar-refractivity contribution in [2.75, 3.05) is 33.9 Å². The first-order valence-corrected chi connectivity index (χ1v) is 7.08. The number of methoxy groups -OCH3 is 1. The number of ether oxygens (including phenoxy) is 1. The summed E-state index contributed by atoms with van der Waals surface area (Å²) < 4.78 is 5.54. The van der Waals surface area contributed by atoms with Gasteiger partial charge < -0.3 is 15.0 Å². The number of halogens is 2. The average molecular weight is 364 g/mol. The van der Waals surface area contributed by atoms with Crippen LogP contribution in [0.2, 0.25) is 5.02 Å². The molecule has 7 heteroatoms. The van der Waals surface area contributed by atoms with Crippen LogP contribution in [0.5, 0.6) is 0 Å². The number of likely N-dealkylation sites (N-methyl/N-ethyl adjacent to an activating group) is 1. The quantitative estimate of drug-likeness (QED) is 0.786. The Morgan fingerprint density at radius 1 is 1.40 bits per heavy atom. The first-order chi connectivity index (χ1) is 9.43. The van der Waals surface area contributed by atoms with Gasteiger partial charge in [-0.05, 0) is 18.2 Å². The van der Waals surface area contributed by atoms with E-state index in [0.717, 1.165) is 0 Å². The Balaban J connectivity index is 2.60. The lowest BCUT2D eigenvalue weighted by atomic mass is 10.2. The maximum atomic E-state index is 12.2. The van der Waals surface area contributed by atoms with Gasteiger partial charge in [0.25, 0.3) is 5.91 Å². The highest BCUT2D eigenvalue weighted by atomic mass is 79.9. The number of benzene rings is 1. The van der Waals surface area contributed by atoms with Gasteiger partial charge in [-0.3, -0.25) is 9.59 Å². The number of amides is 2. The van der Waals surface area contributed by atoms with Crippen molar-refractivity contribution in [3.8, 4) is 0 Å². The number of nitrogens with one attached hydrogen (secondary N) is 1. The summed E-state index contributed by atoms with van der Waals surface area (Å²) in [5.74, 6) is -0.505. The second-order valence-corrected chi connectivity index (χ2v) is 5.51. The van der Waals surface area contributed by atoms with Gasteiger partial charge in [-0.1, -0.05) is 27.5 Å². The number of hydrogen-bond donors (Lipinski definition) is 1. The molecule has 0 aliphatic heterocycles. The standard InChI is InChI=1S/C13H16BrClN2O3/c1-17(8-12(18)16-3-4-20-2)13(19)9-5-10(14)7-11(15)6-9/h5-7H,3-4,8H2,1-2H3,(H,16,18). The highest BCUT2D eigenvalue weighted by Gasteiger charge is 2.15. The van der Waals surface area contributed by atoms with E-state index in [1.54, 1.807) is 32.4 Å². The molecule has 0 spiro atoms. The minimum Gasteiger partial charge on any atom is -0.383 e. The van der Waals surface area contributed by atoms with Crippen molar-refractivity contribution in [1.82, 2.24) is 10.2 Å². The Morgan fingerprint density at radius 2 is 2.10 bits per heavy atom. The molecule has 20 heavy (non-hydrogen) atoms. The highest BCUT2D eigenvalue weighted by Crippen LogP contribution is 2.20. The maximum absolute atomic E-state index is 12.2. The predicted octanol–water partition coefficient (Wildman–Crippen LogP) is 1.94. The van der Waals surface area contributed by atoms with E-state index in [-0.39, 0.29) is 18.4 Å². The summed E-state index contributed by atoms with van der Waals surface area (Å²) >= 11 is 9.17. The van der Waals surface area contributed by atoms with Crippen LogP contribution >= 0.6 is 27.5 Å². The molecule has 0 aliphatic rings. The van der Waals surface area contributed by atoms with Gasteiger partial charge in [0.15, 0.2) is 0 Å². The van der Waals surface area contributed by atoms with E-state index in [1.165, 1.54) is 4.90 Å². The van der Waals surface area contributed by atoms with Gasteiger partial charge in [-0.25, -0.2) is 0 Å². The summed E-state index contributed by atoms with van der Waals surface area (Å²) in [5, 5.41) is 3.11. The van der Waals surface area contributed by atoms with Gasteiger partial charge >= 0.3 is 0 Å². The van der Waals surface area contributed by atoms with Crippen LogP contribution in [-0.4, -0.2) is 50.6 Å². The Bertz CT molecular complexity index is 476. The fraction of sp³-hybridized carbons (Fsp3) is 0.385. The van der Waals surface area contributed by atoms with Gasteiger partial charge in [-0.15, -0.1) is 0 Å². The van der Waals surface area contributed by atoms with Crippen LogP contribution < -0.4 is 5.32 Å². The van der Waals surface area contributed by atoms with E-state index in [1.807, 2.05) is 0 Å². The summed E-state index contributed by atoms with van der Waals surface area (Å²) in [6.45, 7) is 0.831. The van der Waals surface area contributed by atoms with Crippen molar-refractivity contribution >= 4 is 39.3 Å². The molecule has 1 aromatic carbocycles.